The van der Waals surface area contributed by atoms with Crippen LogP contribution < -0.4 is 0 Å². The zero-order valence-corrected chi connectivity index (χ0v) is 11.0. The van der Waals surface area contributed by atoms with Gasteiger partial charge in [-0.3, -0.25) is 0 Å². The molecule has 0 aliphatic rings. The molecule has 0 radical (unpaired) electrons. The fourth-order valence-corrected chi connectivity index (χ4v) is 2.37. The van der Waals surface area contributed by atoms with Gasteiger partial charge in [0.15, 0.2) is 11.5 Å². The Kier molecular flexibility index (Phi) is 2.54. The number of nitrogens with zero attached hydrogens (tertiary/aromatic N) is 3. The molecule has 0 aromatic carbocycles. The molecule has 3 aromatic heterocycles. The maximum absolute atomic E-state index is 5.89. The number of rotatable bonds is 1. The third-order valence-corrected chi connectivity index (χ3v) is 3.69. The molecule has 0 fully saturated rings. The summed E-state index contributed by atoms with van der Waals surface area (Å²) in [5.41, 5.74) is 2.10. The van der Waals surface area contributed by atoms with E-state index in [2.05, 4.69) is 19.9 Å². The first-order valence-corrected chi connectivity index (χ1v) is 6.41. The van der Waals surface area contributed by atoms with E-state index in [0.29, 0.717) is 16.5 Å². The molecule has 0 unspecified atom stereocenters. The monoisotopic (exact) mass is 284 g/mol. The summed E-state index contributed by atoms with van der Waals surface area (Å²) >= 11 is 13.3. The van der Waals surface area contributed by atoms with Gasteiger partial charge >= 0.3 is 0 Å². The normalized spacial score (nSPS) is 11.2. The molecule has 0 spiro atoms. The molecule has 0 aliphatic heterocycles. The Morgan fingerprint density at radius 1 is 1.24 bits per heavy atom. The van der Waals surface area contributed by atoms with Crippen LogP contribution in [0.4, 0.5) is 0 Å². The van der Waals surface area contributed by atoms with Crippen molar-refractivity contribution in [3.8, 4) is 11.5 Å². The molecule has 0 saturated heterocycles. The van der Waals surface area contributed by atoms with Crippen molar-refractivity contribution in [3.63, 3.8) is 0 Å². The number of pyridine rings is 1. The molecule has 3 rings (SSSR count). The number of aromatic nitrogens is 4. The van der Waals surface area contributed by atoms with Crippen LogP contribution >= 0.6 is 34.5 Å². The molecule has 86 valence electrons. The van der Waals surface area contributed by atoms with Gasteiger partial charge in [-0.1, -0.05) is 23.2 Å². The molecule has 3 heterocycles. The number of aryl methyl sites for hydroxylation is 1. The predicted molar refractivity (Wildman–Crippen MR) is 69.8 cm³/mol. The highest BCUT2D eigenvalue weighted by molar-refractivity contribution is 7.09. The second-order valence-electron chi connectivity index (χ2n) is 3.47. The Hall–Kier alpha value is -1.17. The van der Waals surface area contributed by atoms with Crippen LogP contribution in [0.3, 0.4) is 0 Å². The number of thiazole rings is 1. The Morgan fingerprint density at radius 2 is 2.06 bits per heavy atom. The maximum Gasteiger partial charge on any atom is 0.179 e. The molecule has 17 heavy (non-hydrogen) atoms. The predicted octanol–water partition coefficient (Wildman–Crippen LogP) is 3.70. The second kappa shape index (κ2) is 3.94. The standard InChI is InChI=1S/C10H6Cl2N4S/c1-4-13-7(3-17-4)10-14-6-2-5(11)8(12)15-9(6)16-10/h2-3H,1H3,(H,14,15,16). The van der Waals surface area contributed by atoms with E-state index in [0.717, 1.165) is 16.2 Å². The lowest BCUT2D eigenvalue weighted by Crippen LogP contribution is -1.80. The van der Waals surface area contributed by atoms with Crippen molar-refractivity contribution in [3.05, 3.63) is 26.6 Å². The second-order valence-corrected chi connectivity index (χ2v) is 5.30. The average molecular weight is 285 g/mol. The van der Waals surface area contributed by atoms with Crippen molar-refractivity contribution in [2.24, 2.45) is 0 Å². The summed E-state index contributed by atoms with van der Waals surface area (Å²) in [6, 6.07) is 1.71. The van der Waals surface area contributed by atoms with Gasteiger partial charge in [0.1, 0.15) is 10.8 Å². The lowest BCUT2D eigenvalue weighted by Gasteiger charge is -1.92. The minimum absolute atomic E-state index is 0.256. The van der Waals surface area contributed by atoms with Crippen LogP contribution in [-0.2, 0) is 0 Å². The first-order chi connectivity index (χ1) is 8.13. The Balaban J connectivity index is 2.19. The van der Waals surface area contributed by atoms with Gasteiger partial charge in [-0.2, -0.15) is 0 Å². The Bertz CT molecular complexity index is 664. The first-order valence-electron chi connectivity index (χ1n) is 4.78. The van der Waals surface area contributed by atoms with Gasteiger partial charge in [-0.25, -0.2) is 15.0 Å². The SMILES string of the molecule is Cc1nc(-c2nc3nc(Cl)c(Cl)cc3[nH]2)cs1. The van der Waals surface area contributed by atoms with E-state index in [-0.39, 0.29) is 5.15 Å². The molecule has 0 aliphatic carbocycles. The van der Waals surface area contributed by atoms with Crippen LogP contribution in [-0.4, -0.2) is 19.9 Å². The van der Waals surface area contributed by atoms with Gasteiger partial charge in [-0.15, -0.1) is 11.3 Å². The molecular weight excluding hydrogens is 279 g/mol. The van der Waals surface area contributed by atoms with Gasteiger partial charge < -0.3 is 4.98 Å². The zero-order chi connectivity index (χ0) is 12.0. The van der Waals surface area contributed by atoms with Gasteiger partial charge in [-0.05, 0) is 13.0 Å². The van der Waals surface area contributed by atoms with Gasteiger partial charge in [0.05, 0.1) is 15.5 Å². The van der Waals surface area contributed by atoms with Crippen LogP contribution in [0, 0.1) is 6.92 Å². The lowest BCUT2D eigenvalue weighted by molar-refractivity contribution is 1.22. The molecule has 4 nitrogen and oxygen atoms in total. The van der Waals surface area contributed by atoms with E-state index in [4.69, 9.17) is 23.2 Å². The molecule has 1 N–H and O–H groups in total. The van der Waals surface area contributed by atoms with E-state index in [1.165, 1.54) is 0 Å². The summed E-state index contributed by atoms with van der Waals surface area (Å²) in [6.45, 7) is 1.95. The summed E-state index contributed by atoms with van der Waals surface area (Å²) in [5, 5.41) is 3.59. The van der Waals surface area contributed by atoms with E-state index in [1.54, 1.807) is 17.4 Å². The zero-order valence-electron chi connectivity index (χ0n) is 8.66. The highest BCUT2D eigenvalue weighted by Gasteiger charge is 2.11. The largest absolute Gasteiger partial charge is 0.335 e. The lowest BCUT2D eigenvalue weighted by atomic mass is 10.4. The summed E-state index contributed by atoms with van der Waals surface area (Å²) in [6.07, 6.45) is 0. The topological polar surface area (TPSA) is 54.5 Å². The van der Waals surface area contributed by atoms with Crippen molar-refractivity contribution in [2.45, 2.75) is 6.92 Å². The smallest absolute Gasteiger partial charge is 0.179 e. The number of fused-ring (bicyclic) bond motifs is 1. The molecule has 0 atom stereocenters. The number of H-pyrrole nitrogens is 1. The number of halogens is 2. The van der Waals surface area contributed by atoms with Crippen molar-refractivity contribution in [1.29, 1.82) is 0 Å². The average Bonchev–Trinajstić information content (AvgIpc) is 2.85. The molecule has 0 amide bonds. The van der Waals surface area contributed by atoms with Crippen molar-refractivity contribution in [2.75, 3.05) is 0 Å². The number of aromatic amines is 1. The van der Waals surface area contributed by atoms with E-state index >= 15 is 0 Å². The summed E-state index contributed by atoms with van der Waals surface area (Å²) in [5.74, 6) is 0.676. The number of hydrogen-bond donors (Lipinski definition) is 1. The first kappa shape index (κ1) is 11.0. The van der Waals surface area contributed by atoms with Gasteiger partial charge in [0, 0.05) is 5.38 Å². The van der Waals surface area contributed by atoms with Gasteiger partial charge in [0.2, 0.25) is 0 Å². The van der Waals surface area contributed by atoms with Crippen LogP contribution in [0.25, 0.3) is 22.7 Å². The highest BCUT2D eigenvalue weighted by Crippen LogP contribution is 2.26. The number of imidazole rings is 1. The van der Waals surface area contributed by atoms with E-state index < -0.39 is 0 Å². The molecule has 3 aromatic rings. The summed E-state index contributed by atoms with van der Waals surface area (Å²) < 4.78 is 0. The summed E-state index contributed by atoms with van der Waals surface area (Å²) in [7, 11) is 0. The number of hydrogen-bond acceptors (Lipinski definition) is 4. The third kappa shape index (κ3) is 1.90. The molecular formula is C10H6Cl2N4S. The van der Waals surface area contributed by atoms with Crippen molar-refractivity contribution in [1.82, 2.24) is 19.9 Å². The van der Waals surface area contributed by atoms with E-state index in [9.17, 15) is 0 Å². The van der Waals surface area contributed by atoms with Crippen molar-refractivity contribution < 1.29 is 0 Å². The van der Waals surface area contributed by atoms with Gasteiger partial charge in [0.25, 0.3) is 0 Å². The highest BCUT2D eigenvalue weighted by atomic mass is 35.5. The Morgan fingerprint density at radius 3 is 2.76 bits per heavy atom. The fraction of sp³-hybridized carbons (Fsp3) is 0.100. The summed E-state index contributed by atoms with van der Waals surface area (Å²) in [4.78, 5) is 15.9. The maximum atomic E-state index is 5.89. The molecule has 0 bridgehead atoms. The quantitative estimate of drug-likeness (QED) is 0.694. The van der Waals surface area contributed by atoms with Crippen LogP contribution in [0.2, 0.25) is 10.2 Å². The minimum Gasteiger partial charge on any atom is -0.335 e. The Labute approximate surface area is 111 Å². The fourth-order valence-electron chi connectivity index (χ4n) is 1.49. The van der Waals surface area contributed by atoms with Crippen LogP contribution in [0.15, 0.2) is 11.4 Å². The van der Waals surface area contributed by atoms with E-state index in [1.807, 2.05) is 12.3 Å². The van der Waals surface area contributed by atoms with Crippen molar-refractivity contribution >= 4 is 45.7 Å². The molecule has 0 saturated carbocycles. The van der Waals surface area contributed by atoms with Crippen LogP contribution in [0.1, 0.15) is 5.01 Å². The third-order valence-electron chi connectivity index (χ3n) is 2.25. The minimum atomic E-state index is 0.256. The number of nitrogens with one attached hydrogen (secondary N) is 1. The molecule has 7 heteroatoms. The van der Waals surface area contributed by atoms with Crippen LogP contribution in [0.5, 0.6) is 0 Å².